The van der Waals surface area contributed by atoms with Gasteiger partial charge in [-0.05, 0) is 19.8 Å². The number of hydrogen-bond donors (Lipinski definition) is 1. The molecule has 0 aliphatic heterocycles. The van der Waals surface area contributed by atoms with Crippen molar-refractivity contribution in [1.29, 1.82) is 0 Å². The summed E-state index contributed by atoms with van der Waals surface area (Å²) in [4.78, 5) is 0. The van der Waals surface area contributed by atoms with Crippen molar-refractivity contribution in [2.75, 3.05) is 6.61 Å². The zero-order valence-electron chi connectivity index (χ0n) is 11.7. The second kappa shape index (κ2) is 13.5. The molecule has 0 aromatic rings. The number of hydrogen-bond acceptors (Lipinski definition) is 4. The van der Waals surface area contributed by atoms with Crippen LogP contribution in [0.15, 0.2) is 0 Å². The first-order valence-corrected chi connectivity index (χ1v) is 8.01. The first kappa shape index (κ1) is 21.8. The van der Waals surface area contributed by atoms with Crippen LogP contribution in [0.2, 0.25) is 0 Å². The molecule has 1 unspecified atom stereocenters. The predicted molar refractivity (Wildman–Crippen MR) is 67.8 cm³/mol. The fourth-order valence-corrected chi connectivity index (χ4v) is 2.20. The Kier molecular flexibility index (Phi) is 16.3. The molecule has 0 spiro atoms. The number of aliphatic hydroxyl groups excluding tert-OH is 1. The summed E-state index contributed by atoms with van der Waals surface area (Å²) in [6.45, 7) is 1.76. The molecule has 18 heavy (non-hydrogen) atoms. The van der Waals surface area contributed by atoms with Crippen LogP contribution in [0.5, 0.6) is 0 Å². The fourth-order valence-electron chi connectivity index (χ4n) is 1.75. The minimum atomic E-state index is -4.08. The largest absolute Gasteiger partial charge is 1.00 e. The molecule has 0 heterocycles. The summed E-state index contributed by atoms with van der Waals surface area (Å²) in [5.41, 5.74) is 0. The smallest absolute Gasteiger partial charge is 0.748 e. The molecular weight excluding hydrogens is 279 g/mol. The van der Waals surface area contributed by atoms with Crippen molar-refractivity contribution in [3.8, 4) is 0 Å². The van der Waals surface area contributed by atoms with Crippen molar-refractivity contribution in [2.45, 2.75) is 70.0 Å². The van der Waals surface area contributed by atoms with Gasteiger partial charge < -0.3 is 9.66 Å². The normalized spacial score (nSPS) is 13.1. The first-order valence-electron chi connectivity index (χ1n) is 6.54. The van der Waals surface area contributed by atoms with Gasteiger partial charge in [0.05, 0.1) is 10.1 Å². The minimum absolute atomic E-state index is 0. The van der Waals surface area contributed by atoms with Gasteiger partial charge in [-0.2, -0.15) is 0 Å². The van der Waals surface area contributed by atoms with Crippen LogP contribution in [0.25, 0.3) is 0 Å². The Labute approximate surface area is 154 Å². The standard InChI is InChI=1S/C12H26O4S.K/c1-12(17(14,15)16)10-8-6-4-2-3-5-7-9-11-13;/h12-13H,2-11H2,1H3,(H,14,15,16);/q;+1/p-1. The summed E-state index contributed by atoms with van der Waals surface area (Å²) in [7, 11) is -4.08. The molecule has 0 aliphatic rings. The van der Waals surface area contributed by atoms with Crippen LogP contribution in [0.4, 0.5) is 0 Å². The van der Waals surface area contributed by atoms with E-state index < -0.39 is 15.4 Å². The summed E-state index contributed by atoms with van der Waals surface area (Å²) in [6.07, 6.45) is 8.87. The minimum Gasteiger partial charge on any atom is -0.748 e. The van der Waals surface area contributed by atoms with Crippen LogP contribution in [-0.4, -0.2) is 29.9 Å². The van der Waals surface area contributed by atoms with Crippen LogP contribution in [0, 0.1) is 0 Å². The maximum atomic E-state index is 10.6. The molecule has 0 amide bonds. The van der Waals surface area contributed by atoms with Crippen LogP contribution < -0.4 is 51.4 Å². The molecule has 0 saturated carbocycles. The molecule has 0 radical (unpaired) electrons. The molecule has 0 bridgehead atoms. The van der Waals surface area contributed by atoms with Crippen LogP contribution in [0.1, 0.15) is 64.7 Å². The average molecular weight is 304 g/mol. The Bertz CT molecular complexity index is 267. The quantitative estimate of drug-likeness (QED) is 0.315. The number of aliphatic hydroxyl groups is 1. The number of rotatable bonds is 11. The van der Waals surface area contributed by atoms with E-state index in [2.05, 4.69) is 0 Å². The number of unbranched alkanes of at least 4 members (excludes halogenated alkanes) is 7. The van der Waals surface area contributed by atoms with Crippen molar-refractivity contribution >= 4 is 10.1 Å². The summed E-state index contributed by atoms with van der Waals surface area (Å²) in [6, 6.07) is 0. The van der Waals surface area contributed by atoms with Gasteiger partial charge in [0.15, 0.2) is 0 Å². The third-order valence-corrected chi connectivity index (χ3v) is 4.23. The van der Waals surface area contributed by atoms with E-state index in [0.29, 0.717) is 6.42 Å². The molecule has 0 aromatic carbocycles. The second-order valence-electron chi connectivity index (χ2n) is 4.64. The van der Waals surface area contributed by atoms with E-state index in [-0.39, 0.29) is 58.0 Å². The molecule has 0 aromatic heterocycles. The van der Waals surface area contributed by atoms with Gasteiger partial charge in [-0.15, -0.1) is 0 Å². The third kappa shape index (κ3) is 13.9. The van der Waals surface area contributed by atoms with Crippen LogP contribution in [0.3, 0.4) is 0 Å². The maximum absolute atomic E-state index is 10.6. The molecule has 0 saturated heterocycles. The van der Waals surface area contributed by atoms with Crippen molar-refractivity contribution in [2.24, 2.45) is 0 Å². The summed E-state index contributed by atoms with van der Waals surface area (Å²) >= 11 is 0. The molecule has 104 valence electrons. The Morgan fingerprint density at radius 2 is 1.33 bits per heavy atom. The van der Waals surface area contributed by atoms with Gasteiger partial charge in [0.2, 0.25) is 0 Å². The Hall–Kier alpha value is 1.51. The predicted octanol–water partition coefficient (Wildman–Crippen LogP) is -0.573. The topological polar surface area (TPSA) is 77.4 Å². The molecule has 0 aliphatic carbocycles. The first-order chi connectivity index (χ1) is 7.98. The van der Waals surface area contributed by atoms with Gasteiger partial charge in [-0.3, -0.25) is 0 Å². The van der Waals surface area contributed by atoms with E-state index in [9.17, 15) is 13.0 Å². The molecule has 6 heteroatoms. The van der Waals surface area contributed by atoms with Gasteiger partial charge in [0, 0.05) is 11.9 Å². The summed E-state index contributed by atoms with van der Waals surface area (Å²) in [5, 5.41) is 7.84. The van der Waals surface area contributed by atoms with E-state index in [1.54, 1.807) is 0 Å². The van der Waals surface area contributed by atoms with E-state index in [1.807, 2.05) is 0 Å². The fraction of sp³-hybridized carbons (Fsp3) is 1.00. The van der Waals surface area contributed by atoms with Crippen LogP contribution in [-0.2, 0) is 10.1 Å². The van der Waals surface area contributed by atoms with Crippen LogP contribution >= 0.6 is 0 Å². The SMILES string of the molecule is CC(CCCCCCCCCCO)S(=O)(=O)[O-].[K+]. The molecular formula is C12H25KO4S. The zero-order chi connectivity index (χ0) is 13.1. The molecule has 0 rings (SSSR count). The molecule has 4 nitrogen and oxygen atoms in total. The molecule has 1 atom stereocenters. The Balaban J connectivity index is 0. The Morgan fingerprint density at radius 1 is 0.944 bits per heavy atom. The summed E-state index contributed by atoms with van der Waals surface area (Å²) in [5.74, 6) is 0. The molecule has 1 N–H and O–H groups in total. The van der Waals surface area contributed by atoms with E-state index >= 15 is 0 Å². The van der Waals surface area contributed by atoms with Gasteiger partial charge in [-0.25, -0.2) is 8.42 Å². The van der Waals surface area contributed by atoms with E-state index in [0.717, 1.165) is 44.9 Å². The zero-order valence-corrected chi connectivity index (χ0v) is 15.7. The Morgan fingerprint density at radius 3 is 1.72 bits per heavy atom. The van der Waals surface area contributed by atoms with Gasteiger partial charge in [-0.1, -0.05) is 44.9 Å². The van der Waals surface area contributed by atoms with E-state index in [1.165, 1.54) is 13.3 Å². The monoisotopic (exact) mass is 304 g/mol. The third-order valence-electron chi connectivity index (χ3n) is 3.01. The van der Waals surface area contributed by atoms with Crippen molar-refractivity contribution in [3.63, 3.8) is 0 Å². The van der Waals surface area contributed by atoms with Gasteiger partial charge in [0.25, 0.3) is 0 Å². The van der Waals surface area contributed by atoms with Crippen molar-refractivity contribution < 1.29 is 69.5 Å². The van der Waals surface area contributed by atoms with Gasteiger partial charge >= 0.3 is 51.4 Å². The summed E-state index contributed by atoms with van der Waals surface area (Å²) < 4.78 is 31.9. The van der Waals surface area contributed by atoms with Crippen molar-refractivity contribution in [1.82, 2.24) is 0 Å². The molecule has 0 fully saturated rings. The van der Waals surface area contributed by atoms with Gasteiger partial charge in [0.1, 0.15) is 0 Å². The van der Waals surface area contributed by atoms with E-state index in [4.69, 9.17) is 5.11 Å². The maximum Gasteiger partial charge on any atom is 1.00 e. The average Bonchev–Trinajstić information content (AvgIpc) is 2.25. The second-order valence-corrected chi connectivity index (χ2v) is 6.43. The van der Waals surface area contributed by atoms with Crippen molar-refractivity contribution in [3.05, 3.63) is 0 Å².